The minimum atomic E-state index is -3.38. The smallest absolute Gasteiger partial charge is 0.349 e. The van der Waals surface area contributed by atoms with Crippen molar-refractivity contribution < 1.29 is 18.3 Å². The van der Waals surface area contributed by atoms with Gasteiger partial charge in [0.25, 0.3) is 0 Å². The molecule has 0 radical (unpaired) electrons. The van der Waals surface area contributed by atoms with E-state index in [4.69, 9.17) is 4.74 Å². The Bertz CT molecular complexity index is 656. The standard InChI is InChI=1S/C16H13F2NO2/c1-21-13-9-7-11(8-10-13)14-16(17,18)15(20)19(14)12-5-3-2-4-6-12/h2-10,14H,1H3. The van der Waals surface area contributed by atoms with Crippen molar-refractivity contribution in [3.63, 3.8) is 0 Å². The SMILES string of the molecule is COc1ccc(C2N(c3ccccc3)C(=O)C2(F)F)cc1. The Kier molecular flexibility index (Phi) is 3.12. The second-order valence-corrected chi connectivity index (χ2v) is 4.81. The van der Waals surface area contributed by atoms with Gasteiger partial charge in [-0.1, -0.05) is 30.3 Å². The number of para-hydroxylation sites is 1. The molecule has 0 bridgehead atoms. The van der Waals surface area contributed by atoms with Gasteiger partial charge in [-0.25, -0.2) is 0 Å². The summed E-state index contributed by atoms with van der Waals surface area (Å²) >= 11 is 0. The number of amides is 1. The van der Waals surface area contributed by atoms with Gasteiger partial charge in [-0.3, -0.25) is 9.69 Å². The number of carbonyl (C=O) groups is 1. The van der Waals surface area contributed by atoms with Crippen molar-refractivity contribution in [1.29, 1.82) is 0 Å². The van der Waals surface area contributed by atoms with Gasteiger partial charge in [0.05, 0.1) is 7.11 Å². The molecule has 0 spiro atoms. The Morgan fingerprint density at radius 2 is 1.67 bits per heavy atom. The maximum Gasteiger partial charge on any atom is 0.349 e. The Morgan fingerprint density at radius 3 is 2.24 bits per heavy atom. The summed E-state index contributed by atoms with van der Waals surface area (Å²) in [6.07, 6.45) is 0. The predicted octanol–water partition coefficient (Wildman–Crippen LogP) is 3.42. The number of anilines is 1. The molecule has 0 aromatic heterocycles. The molecular formula is C16H13F2NO2. The third-order valence-corrected chi connectivity index (χ3v) is 3.57. The van der Waals surface area contributed by atoms with Crippen molar-refractivity contribution in [3.8, 4) is 5.75 Å². The fourth-order valence-corrected chi connectivity index (χ4v) is 2.49. The highest BCUT2D eigenvalue weighted by molar-refractivity contribution is 6.07. The number of benzene rings is 2. The molecule has 1 fully saturated rings. The molecule has 3 nitrogen and oxygen atoms in total. The number of carbonyl (C=O) groups excluding carboxylic acids is 1. The second kappa shape index (κ2) is 4.84. The summed E-state index contributed by atoms with van der Waals surface area (Å²) in [7, 11) is 1.51. The van der Waals surface area contributed by atoms with Crippen molar-refractivity contribution in [2.75, 3.05) is 12.0 Å². The highest BCUT2D eigenvalue weighted by Gasteiger charge is 2.64. The molecule has 2 aromatic rings. The van der Waals surface area contributed by atoms with Crippen LogP contribution in [-0.4, -0.2) is 18.9 Å². The monoisotopic (exact) mass is 289 g/mol. The lowest BCUT2D eigenvalue weighted by Gasteiger charge is -2.46. The number of alkyl halides is 2. The van der Waals surface area contributed by atoms with Crippen LogP contribution in [-0.2, 0) is 4.79 Å². The van der Waals surface area contributed by atoms with Crippen LogP contribution in [0.15, 0.2) is 54.6 Å². The molecule has 0 saturated carbocycles. The summed E-state index contributed by atoms with van der Waals surface area (Å²) in [6, 6.07) is 13.5. The van der Waals surface area contributed by atoms with Gasteiger partial charge in [0.1, 0.15) is 11.8 Å². The minimum Gasteiger partial charge on any atom is -0.497 e. The number of nitrogens with zero attached hydrogens (tertiary/aromatic N) is 1. The maximum atomic E-state index is 14.0. The fraction of sp³-hybridized carbons (Fsp3) is 0.188. The Balaban J connectivity index is 1.99. The first-order chi connectivity index (χ1) is 10.1. The van der Waals surface area contributed by atoms with Crippen LogP contribution in [0.1, 0.15) is 11.6 Å². The normalized spacial score (nSPS) is 20.0. The third-order valence-electron chi connectivity index (χ3n) is 3.57. The second-order valence-electron chi connectivity index (χ2n) is 4.81. The first-order valence-electron chi connectivity index (χ1n) is 6.46. The Labute approximate surface area is 120 Å². The van der Waals surface area contributed by atoms with Crippen molar-refractivity contribution in [2.45, 2.75) is 12.0 Å². The third kappa shape index (κ3) is 2.05. The van der Waals surface area contributed by atoms with E-state index in [0.29, 0.717) is 17.0 Å². The largest absolute Gasteiger partial charge is 0.497 e. The van der Waals surface area contributed by atoms with Gasteiger partial charge < -0.3 is 4.74 Å². The van der Waals surface area contributed by atoms with E-state index >= 15 is 0 Å². The van der Waals surface area contributed by atoms with E-state index < -0.39 is 17.9 Å². The summed E-state index contributed by atoms with van der Waals surface area (Å²) < 4.78 is 33.0. The lowest BCUT2D eigenvalue weighted by molar-refractivity contribution is -0.162. The van der Waals surface area contributed by atoms with Gasteiger partial charge in [0.2, 0.25) is 0 Å². The van der Waals surface area contributed by atoms with Crippen molar-refractivity contribution in [1.82, 2.24) is 0 Å². The summed E-state index contributed by atoms with van der Waals surface area (Å²) in [4.78, 5) is 12.9. The van der Waals surface area contributed by atoms with E-state index in [-0.39, 0.29) is 0 Å². The summed E-state index contributed by atoms with van der Waals surface area (Å²) in [5.41, 5.74) is 0.846. The van der Waals surface area contributed by atoms with Crippen LogP contribution >= 0.6 is 0 Å². The Hall–Kier alpha value is -2.43. The molecule has 1 aliphatic rings. The molecule has 1 amide bonds. The summed E-state index contributed by atoms with van der Waals surface area (Å²) in [6.45, 7) is 0. The van der Waals surface area contributed by atoms with Crippen LogP contribution in [0.4, 0.5) is 14.5 Å². The van der Waals surface area contributed by atoms with Crippen LogP contribution in [0, 0.1) is 0 Å². The van der Waals surface area contributed by atoms with Gasteiger partial charge in [0.15, 0.2) is 0 Å². The molecule has 1 atom stereocenters. The van der Waals surface area contributed by atoms with Crippen LogP contribution in [0.2, 0.25) is 0 Å². The highest BCUT2D eigenvalue weighted by Crippen LogP contribution is 2.49. The molecule has 3 rings (SSSR count). The van der Waals surface area contributed by atoms with Crippen LogP contribution < -0.4 is 9.64 Å². The van der Waals surface area contributed by atoms with E-state index in [2.05, 4.69) is 0 Å². The first kappa shape index (κ1) is 13.5. The lowest BCUT2D eigenvalue weighted by atomic mass is 9.89. The number of rotatable bonds is 3. The molecule has 1 saturated heterocycles. The van der Waals surface area contributed by atoms with E-state index in [1.165, 1.54) is 7.11 Å². The first-order valence-corrected chi connectivity index (χ1v) is 6.46. The average molecular weight is 289 g/mol. The molecule has 0 N–H and O–H groups in total. The molecule has 1 aliphatic heterocycles. The van der Waals surface area contributed by atoms with Crippen molar-refractivity contribution in [3.05, 3.63) is 60.2 Å². The number of β-lactam (4-membered cyclic amide) rings is 1. The molecule has 21 heavy (non-hydrogen) atoms. The van der Waals surface area contributed by atoms with E-state index in [9.17, 15) is 13.6 Å². The lowest BCUT2D eigenvalue weighted by Crippen LogP contribution is -2.64. The molecule has 0 aliphatic carbocycles. The highest BCUT2D eigenvalue weighted by atomic mass is 19.3. The number of ether oxygens (including phenoxy) is 1. The molecule has 1 unspecified atom stereocenters. The van der Waals surface area contributed by atoms with E-state index in [1.807, 2.05) is 0 Å². The predicted molar refractivity (Wildman–Crippen MR) is 74.6 cm³/mol. The van der Waals surface area contributed by atoms with Crippen LogP contribution in [0.3, 0.4) is 0 Å². The summed E-state index contributed by atoms with van der Waals surface area (Å²) in [5, 5.41) is 0. The van der Waals surface area contributed by atoms with Gasteiger partial charge >= 0.3 is 11.8 Å². The zero-order valence-electron chi connectivity index (χ0n) is 11.3. The number of methoxy groups -OCH3 is 1. The van der Waals surface area contributed by atoms with Crippen molar-refractivity contribution >= 4 is 11.6 Å². The molecule has 2 aromatic carbocycles. The number of hydrogen-bond donors (Lipinski definition) is 0. The van der Waals surface area contributed by atoms with Gasteiger partial charge in [-0.2, -0.15) is 8.78 Å². The fourth-order valence-electron chi connectivity index (χ4n) is 2.49. The van der Waals surface area contributed by atoms with E-state index in [0.717, 1.165) is 4.90 Å². The maximum absolute atomic E-state index is 14.0. The van der Waals surface area contributed by atoms with Gasteiger partial charge in [-0.15, -0.1) is 0 Å². The molecule has 5 heteroatoms. The number of halogens is 2. The average Bonchev–Trinajstić information content (AvgIpc) is 2.53. The van der Waals surface area contributed by atoms with Gasteiger partial charge in [-0.05, 0) is 29.8 Å². The Morgan fingerprint density at radius 1 is 1.05 bits per heavy atom. The zero-order chi connectivity index (χ0) is 15.0. The van der Waals surface area contributed by atoms with Crippen molar-refractivity contribution in [2.24, 2.45) is 0 Å². The van der Waals surface area contributed by atoms with E-state index in [1.54, 1.807) is 54.6 Å². The number of hydrogen-bond acceptors (Lipinski definition) is 2. The molecule has 1 heterocycles. The molecular weight excluding hydrogens is 276 g/mol. The summed E-state index contributed by atoms with van der Waals surface area (Å²) in [5.74, 6) is -3.97. The van der Waals surface area contributed by atoms with Crippen LogP contribution in [0.5, 0.6) is 5.75 Å². The quantitative estimate of drug-likeness (QED) is 0.810. The zero-order valence-corrected chi connectivity index (χ0v) is 11.3. The molecule has 108 valence electrons. The minimum absolute atomic E-state index is 0.379. The van der Waals surface area contributed by atoms with Crippen LogP contribution in [0.25, 0.3) is 0 Å². The van der Waals surface area contributed by atoms with Gasteiger partial charge in [0, 0.05) is 5.69 Å². The topological polar surface area (TPSA) is 29.5 Å².